The zero-order chi connectivity index (χ0) is 19.5. The van der Waals surface area contributed by atoms with Crippen LogP contribution in [0.3, 0.4) is 0 Å². The van der Waals surface area contributed by atoms with Gasteiger partial charge in [-0.25, -0.2) is 0 Å². The third-order valence-electron chi connectivity index (χ3n) is 5.32. The van der Waals surface area contributed by atoms with E-state index in [4.69, 9.17) is 9.16 Å². The van der Waals surface area contributed by atoms with Gasteiger partial charge in [0, 0.05) is 19.4 Å². The van der Waals surface area contributed by atoms with Gasteiger partial charge in [-0.15, -0.1) is 0 Å². The van der Waals surface area contributed by atoms with Gasteiger partial charge in [0.15, 0.2) is 0 Å². The SMILES string of the molecule is CC1(CC(=O)CCO[Si](c2ccccc2)(c2ccccc2)C(C)(C)C)CO1. The van der Waals surface area contributed by atoms with Gasteiger partial charge in [-0.1, -0.05) is 81.4 Å². The second-order valence-corrected chi connectivity index (χ2v) is 13.0. The largest absolute Gasteiger partial charge is 0.407 e. The Labute approximate surface area is 163 Å². The van der Waals surface area contributed by atoms with E-state index >= 15 is 0 Å². The Kier molecular flexibility index (Phi) is 5.70. The predicted octanol–water partition coefficient (Wildman–Crippen LogP) is 3.70. The molecule has 2 aromatic carbocycles. The maximum Gasteiger partial charge on any atom is 0.261 e. The van der Waals surface area contributed by atoms with E-state index in [9.17, 15) is 4.79 Å². The summed E-state index contributed by atoms with van der Waals surface area (Å²) in [5.74, 6) is 0.216. The summed E-state index contributed by atoms with van der Waals surface area (Å²) in [5, 5.41) is 2.42. The molecule has 0 bridgehead atoms. The van der Waals surface area contributed by atoms with Crippen LogP contribution in [0.1, 0.15) is 40.5 Å². The molecule has 2 aromatic rings. The topological polar surface area (TPSA) is 38.8 Å². The first-order valence-corrected chi connectivity index (χ1v) is 11.6. The van der Waals surface area contributed by atoms with Gasteiger partial charge in [-0.3, -0.25) is 4.79 Å². The summed E-state index contributed by atoms with van der Waals surface area (Å²) in [6.07, 6.45) is 0.917. The molecule has 3 nitrogen and oxygen atoms in total. The van der Waals surface area contributed by atoms with Crippen LogP contribution >= 0.6 is 0 Å². The molecule has 3 rings (SSSR count). The number of carbonyl (C=O) groups is 1. The molecule has 0 saturated carbocycles. The van der Waals surface area contributed by atoms with Crippen molar-refractivity contribution in [3.05, 3.63) is 60.7 Å². The maximum absolute atomic E-state index is 12.4. The Morgan fingerprint density at radius 2 is 1.52 bits per heavy atom. The van der Waals surface area contributed by atoms with Crippen molar-refractivity contribution in [2.75, 3.05) is 13.2 Å². The molecule has 1 unspecified atom stereocenters. The lowest BCUT2D eigenvalue weighted by Gasteiger charge is -2.43. The number of hydrogen-bond acceptors (Lipinski definition) is 3. The lowest BCUT2D eigenvalue weighted by molar-refractivity contribution is -0.120. The Morgan fingerprint density at radius 1 is 1.04 bits per heavy atom. The first-order chi connectivity index (χ1) is 12.8. The average Bonchev–Trinajstić information content (AvgIpc) is 3.36. The summed E-state index contributed by atoms with van der Waals surface area (Å²) < 4.78 is 12.1. The summed E-state index contributed by atoms with van der Waals surface area (Å²) >= 11 is 0. The molecular formula is C23H30O3Si. The number of carbonyl (C=O) groups excluding carboxylic acids is 1. The van der Waals surface area contributed by atoms with Crippen LogP contribution in [-0.2, 0) is 14.0 Å². The average molecular weight is 383 g/mol. The molecule has 1 saturated heterocycles. The molecule has 0 N–H and O–H groups in total. The fourth-order valence-corrected chi connectivity index (χ4v) is 8.37. The molecule has 144 valence electrons. The van der Waals surface area contributed by atoms with Gasteiger partial charge in [0.2, 0.25) is 0 Å². The van der Waals surface area contributed by atoms with Gasteiger partial charge in [0.05, 0.1) is 12.2 Å². The molecule has 27 heavy (non-hydrogen) atoms. The van der Waals surface area contributed by atoms with Gasteiger partial charge < -0.3 is 9.16 Å². The molecule has 0 amide bonds. The van der Waals surface area contributed by atoms with Crippen LogP contribution in [0.2, 0.25) is 5.04 Å². The zero-order valence-electron chi connectivity index (χ0n) is 16.8. The minimum atomic E-state index is -2.54. The molecule has 1 aliphatic rings. The molecule has 1 atom stereocenters. The summed E-state index contributed by atoms with van der Waals surface area (Å²) in [4.78, 5) is 12.4. The summed E-state index contributed by atoms with van der Waals surface area (Å²) in [5.41, 5.74) is -0.228. The normalized spacial score (nSPS) is 19.7. The Hall–Kier alpha value is -1.75. The minimum Gasteiger partial charge on any atom is -0.407 e. The minimum absolute atomic E-state index is 0.0651. The van der Waals surface area contributed by atoms with Crippen LogP contribution in [-0.4, -0.2) is 32.9 Å². The number of ether oxygens (including phenoxy) is 1. The quantitative estimate of drug-likeness (QED) is 0.516. The van der Waals surface area contributed by atoms with Gasteiger partial charge in [-0.05, 0) is 22.3 Å². The number of Topliss-reactive ketones (excluding diaryl/α,β-unsaturated/α-hetero) is 1. The highest BCUT2D eigenvalue weighted by atomic mass is 28.4. The molecule has 4 heteroatoms. The van der Waals surface area contributed by atoms with Crippen LogP contribution in [0, 0.1) is 0 Å². The van der Waals surface area contributed by atoms with Crippen LogP contribution < -0.4 is 10.4 Å². The van der Waals surface area contributed by atoms with Crippen molar-refractivity contribution in [2.24, 2.45) is 0 Å². The lowest BCUT2D eigenvalue weighted by atomic mass is 10.0. The van der Waals surface area contributed by atoms with Gasteiger partial charge in [0.1, 0.15) is 5.78 Å². The highest BCUT2D eigenvalue weighted by Gasteiger charge is 2.50. The molecule has 0 radical (unpaired) electrons. The second kappa shape index (κ2) is 7.70. The molecule has 1 aliphatic heterocycles. The van der Waals surface area contributed by atoms with E-state index in [1.807, 2.05) is 19.1 Å². The Balaban J connectivity index is 1.88. The molecule has 0 aromatic heterocycles. The third kappa shape index (κ3) is 4.40. The smallest absolute Gasteiger partial charge is 0.261 e. The number of rotatable bonds is 8. The number of hydrogen-bond donors (Lipinski definition) is 0. The van der Waals surface area contributed by atoms with E-state index in [0.717, 1.165) is 0 Å². The summed E-state index contributed by atoms with van der Waals surface area (Å²) in [7, 11) is -2.54. The number of epoxide rings is 1. The van der Waals surface area contributed by atoms with E-state index in [0.29, 0.717) is 26.1 Å². The van der Waals surface area contributed by atoms with Crippen molar-refractivity contribution >= 4 is 24.5 Å². The molecule has 1 heterocycles. The highest BCUT2D eigenvalue weighted by Crippen LogP contribution is 2.37. The summed E-state index contributed by atoms with van der Waals surface area (Å²) in [6.45, 7) is 9.88. The Morgan fingerprint density at radius 3 is 1.93 bits per heavy atom. The van der Waals surface area contributed by atoms with Crippen LogP contribution in [0.15, 0.2) is 60.7 Å². The standard InChI is InChI=1S/C23H30O3Si/c1-22(2,3)27(20-11-7-5-8-12-20,21-13-9-6-10-14-21)26-16-15-19(24)17-23(4)18-25-23/h5-14H,15-18H2,1-4H3. The summed E-state index contributed by atoms with van der Waals surface area (Å²) in [6, 6.07) is 21.1. The lowest BCUT2D eigenvalue weighted by Crippen LogP contribution is -2.66. The van der Waals surface area contributed by atoms with E-state index in [1.165, 1.54) is 10.4 Å². The van der Waals surface area contributed by atoms with E-state index in [2.05, 4.69) is 69.3 Å². The third-order valence-corrected chi connectivity index (χ3v) is 10.4. The van der Waals surface area contributed by atoms with Gasteiger partial charge in [0.25, 0.3) is 8.32 Å². The van der Waals surface area contributed by atoms with Crippen LogP contribution in [0.25, 0.3) is 0 Å². The first-order valence-electron chi connectivity index (χ1n) is 9.68. The van der Waals surface area contributed by atoms with Crippen molar-refractivity contribution in [1.29, 1.82) is 0 Å². The molecule has 0 aliphatic carbocycles. The number of ketones is 1. The zero-order valence-corrected chi connectivity index (χ0v) is 17.8. The van der Waals surface area contributed by atoms with Crippen LogP contribution in [0.4, 0.5) is 0 Å². The molecule has 1 fully saturated rings. The number of benzene rings is 2. The van der Waals surface area contributed by atoms with Gasteiger partial charge >= 0.3 is 0 Å². The van der Waals surface area contributed by atoms with Gasteiger partial charge in [-0.2, -0.15) is 0 Å². The van der Waals surface area contributed by atoms with Crippen LogP contribution in [0.5, 0.6) is 0 Å². The van der Waals surface area contributed by atoms with E-state index in [-0.39, 0.29) is 16.4 Å². The maximum atomic E-state index is 12.4. The first kappa shape index (κ1) is 20.0. The van der Waals surface area contributed by atoms with Crippen molar-refractivity contribution in [2.45, 2.75) is 51.2 Å². The molecular weight excluding hydrogens is 352 g/mol. The van der Waals surface area contributed by atoms with Crippen molar-refractivity contribution in [3.63, 3.8) is 0 Å². The monoisotopic (exact) mass is 382 g/mol. The van der Waals surface area contributed by atoms with Crippen molar-refractivity contribution in [1.82, 2.24) is 0 Å². The fraction of sp³-hybridized carbons (Fsp3) is 0.435. The van der Waals surface area contributed by atoms with Crippen molar-refractivity contribution in [3.8, 4) is 0 Å². The van der Waals surface area contributed by atoms with E-state index < -0.39 is 8.32 Å². The van der Waals surface area contributed by atoms with Crippen molar-refractivity contribution < 1.29 is 14.0 Å². The fourth-order valence-electron chi connectivity index (χ4n) is 3.81. The van der Waals surface area contributed by atoms with E-state index in [1.54, 1.807) is 0 Å². The Bertz CT molecular complexity index is 722. The molecule has 0 spiro atoms. The highest BCUT2D eigenvalue weighted by molar-refractivity contribution is 6.99. The predicted molar refractivity (Wildman–Crippen MR) is 112 cm³/mol. The second-order valence-electron chi connectivity index (χ2n) is 8.72.